The first-order valence-electron chi connectivity index (χ1n) is 7.75. The van der Waals surface area contributed by atoms with Crippen molar-refractivity contribution in [2.45, 2.75) is 82.6 Å². The van der Waals surface area contributed by atoms with Crippen LogP contribution in [0.5, 0.6) is 0 Å². The number of hydrogen-bond donors (Lipinski definition) is 0. The molecule has 0 N–H and O–H groups in total. The molecule has 5 heteroatoms. The smallest absolute Gasteiger partial charge is 0.164 e. The van der Waals surface area contributed by atoms with Crippen molar-refractivity contribution < 1.29 is 23.7 Å². The van der Waals surface area contributed by atoms with Gasteiger partial charge in [0.25, 0.3) is 0 Å². The predicted octanol–water partition coefficient (Wildman–Crippen LogP) is 2.39. The zero-order valence-corrected chi connectivity index (χ0v) is 13.3. The van der Waals surface area contributed by atoms with Gasteiger partial charge in [-0.3, -0.25) is 0 Å². The van der Waals surface area contributed by atoms with E-state index in [4.69, 9.17) is 23.7 Å². The summed E-state index contributed by atoms with van der Waals surface area (Å²) in [6, 6.07) is 0. The van der Waals surface area contributed by atoms with Gasteiger partial charge in [0.2, 0.25) is 0 Å². The van der Waals surface area contributed by atoms with Gasteiger partial charge in [-0.25, -0.2) is 0 Å². The summed E-state index contributed by atoms with van der Waals surface area (Å²) in [5.74, 6) is -1.13. The highest BCUT2D eigenvalue weighted by Gasteiger charge is 2.58. The Hall–Kier alpha value is -0.460. The Morgan fingerprint density at radius 2 is 1.71 bits per heavy atom. The van der Waals surface area contributed by atoms with E-state index in [-0.39, 0.29) is 30.5 Å². The van der Waals surface area contributed by atoms with Gasteiger partial charge in [-0.2, -0.15) is 0 Å². The summed E-state index contributed by atoms with van der Waals surface area (Å²) < 4.78 is 29.9. The van der Waals surface area contributed by atoms with E-state index < -0.39 is 11.6 Å². The van der Waals surface area contributed by atoms with Crippen molar-refractivity contribution in [2.75, 3.05) is 6.61 Å². The van der Waals surface area contributed by atoms with Crippen LogP contribution in [0.3, 0.4) is 0 Å². The molecule has 120 valence electrons. The van der Waals surface area contributed by atoms with Crippen molar-refractivity contribution in [2.24, 2.45) is 0 Å². The Morgan fingerprint density at radius 1 is 1.00 bits per heavy atom. The van der Waals surface area contributed by atoms with E-state index in [1.165, 1.54) is 0 Å². The molecule has 0 aromatic heterocycles. The maximum Gasteiger partial charge on any atom is 0.164 e. The minimum atomic E-state index is -0.571. The normalized spacial score (nSPS) is 43.9. The molecule has 0 saturated carbocycles. The van der Waals surface area contributed by atoms with E-state index in [1.54, 1.807) is 0 Å². The van der Waals surface area contributed by atoms with Gasteiger partial charge in [-0.1, -0.05) is 6.08 Å². The van der Waals surface area contributed by atoms with Crippen molar-refractivity contribution in [3.8, 4) is 0 Å². The van der Waals surface area contributed by atoms with Crippen molar-refractivity contribution >= 4 is 0 Å². The third-order valence-corrected chi connectivity index (χ3v) is 4.24. The fourth-order valence-electron chi connectivity index (χ4n) is 3.41. The molecular weight excluding hydrogens is 272 g/mol. The molecule has 3 rings (SSSR count). The van der Waals surface area contributed by atoms with Gasteiger partial charge in [0.05, 0.1) is 12.7 Å². The Labute approximate surface area is 126 Å². The first kappa shape index (κ1) is 15.4. The topological polar surface area (TPSA) is 46.2 Å². The lowest BCUT2D eigenvalue weighted by atomic mass is 10.0. The first-order valence-corrected chi connectivity index (χ1v) is 7.75. The molecule has 0 bridgehead atoms. The van der Waals surface area contributed by atoms with Crippen LogP contribution in [-0.4, -0.2) is 48.7 Å². The minimum absolute atomic E-state index is 0.0205. The third kappa shape index (κ3) is 3.03. The predicted molar refractivity (Wildman–Crippen MR) is 76.8 cm³/mol. The molecule has 5 nitrogen and oxygen atoms in total. The van der Waals surface area contributed by atoms with Gasteiger partial charge in [0.1, 0.15) is 24.4 Å². The lowest BCUT2D eigenvalue weighted by Gasteiger charge is -2.27. The van der Waals surface area contributed by atoms with Crippen LogP contribution in [0.15, 0.2) is 12.7 Å². The molecule has 3 aliphatic rings. The van der Waals surface area contributed by atoms with E-state index in [9.17, 15) is 0 Å². The molecule has 5 atom stereocenters. The van der Waals surface area contributed by atoms with E-state index in [2.05, 4.69) is 6.58 Å². The second kappa shape index (κ2) is 5.32. The highest BCUT2D eigenvalue weighted by molar-refractivity contribution is 5.02. The van der Waals surface area contributed by atoms with Crippen molar-refractivity contribution in [1.82, 2.24) is 0 Å². The van der Waals surface area contributed by atoms with Crippen molar-refractivity contribution in [3.05, 3.63) is 12.7 Å². The second-order valence-electron chi connectivity index (χ2n) is 6.94. The summed E-state index contributed by atoms with van der Waals surface area (Å²) in [6.07, 6.45) is 3.31. The molecule has 0 aromatic rings. The van der Waals surface area contributed by atoms with E-state index in [1.807, 2.05) is 33.8 Å². The highest BCUT2D eigenvalue weighted by Crippen LogP contribution is 2.43. The molecule has 0 aliphatic carbocycles. The summed E-state index contributed by atoms with van der Waals surface area (Å²) in [7, 11) is 0. The number of fused-ring (bicyclic) bond motifs is 1. The maximum atomic E-state index is 6.20. The lowest BCUT2D eigenvalue weighted by molar-refractivity contribution is -0.206. The van der Waals surface area contributed by atoms with Gasteiger partial charge in [-0.15, -0.1) is 6.58 Å². The summed E-state index contributed by atoms with van der Waals surface area (Å²) in [5.41, 5.74) is 0. The zero-order chi connectivity index (χ0) is 15.3. The van der Waals surface area contributed by atoms with Gasteiger partial charge in [0.15, 0.2) is 11.6 Å². The highest BCUT2D eigenvalue weighted by atomic mass is 16.8. The Kier molecular flexibility index (Phi) is 3.91. The number of rotatable bonds is 4. The molecule has 0 amide bonds. The van der Waals surface area contributed by atoms with E-state index >= 15 is 0 Å². The molecule has 0 aromatic carbocycles. The number of ether oxygens (including phenoxy) is 5. The molecule has 21 heavy (non-hydrogen) atoms. The van der Waals surface area contributed by atoms with Crippen molar-refractivity contribution in [1.29, 1.82) is 0 Å². The van der Waals surface area contributed by atoms with Crippen LogP contribution in [0, 0.1) is 0 Å². The summed E-state index contributed by atoms with van der Waals surface area (Å²) >= 11 is 0. The SMILES string of the molecule is C=CCC[C@@H]1O[C@H]([C@H]2COC(C)(C)O2)[C@@H]2OC(C)(C)O[C@@H]21. The van der Waals surface area contributed by atoms with Crippen molar-refractivity contribution in [3.63, 3.8) is 0 Å². The average molecular weight is 298 g/mol. The number of allylic oxidation sites excluding steroid dienone is 1. The Morgan fingerprint density at radius 3 is 2.33 bits per heavy atom. The molecule has 3 saturated heterocycles. The summed E-state index contributed by atoms with van der Waals surface area (Å²) in [4.78, 5) is 0. The Balaban J connectivity index is 1.74. The van der Waals surface area contributed by atoms with Crippen LogP contribution in [0.25, 0.3) is 0 Å². The fourth-order valence-corrected chi connectivity index (χ4v) is 3.41. The third-order valence-electron chi connectivity index (χ3n) is 4.24. The first-order chi connectivity index (χ1) is 9.81. The largest absolute Gasteiger partial charge is 0.367 e. The molecule has 3 aliphatic heterocycles. The number of hydrogen-bond acceptors (Lipinski definition) is 5. The maximum absolute atomic E-state index is 6.20. The molecule has 0 radical (unpaired) electrons. The molecule has 3 heterocycles. The van der Waals surface area contributed by atoms with Crippen LogP contribution in [0.2, 0.25) is 0 Å². The zero-order valence-electron chi connectivity index (χ0n) is 13.3. The lowest BCUT2D eigenvalue weighted by Crippen LogP contribution is -2.40. The van der Waals surface area contributed by atoms with Gasteiger partial charge >= 0.3 is 0 Å². The van der Waals surface area contributed by atoms with Gasteiger partial charge < -0.3 is 23.7 Å². The van der Waals surface area contributed by atoms with Gasteiger partial charge in [0, 0.05) is 0 Å². The average Bonchev–Trinajstić information content (AvgIpc) is 2.98. The molecule has 0 unspecified atom stereocenters. The molecular formula is C16H26O5. The van der Waals surface area contributed by atoms with Crippen LogP contribution in [-0.2, 0) is 23.7 Å². The summed E-state index contributed by atoms with van der Waals surface area (Å²) in [5, 5.41) is 0. The van der Waals surface area contributed by atoms with Gasteiger partial charge in [-0.05, 0) is 40.5 Å². The summed E-state index contributed by atoms with van der Waals surface area (Å²) in [6.45, 7) is 12.0. The van der Waals surface area contributed by atoms with Crippen LogP contribution in [0.4, 0.5) is 0 Å². The fraction of sp³-hybridized carbons (Fsp3) is 0.875. The standard InChI is InChI=1S/C16H26O5/c1-6-7-8-10-13-14(21-16(4,5)20-13)12(18-10)11-9-17-15(2,3)19-11/h6,10-14H,1,7-9H2,2-5H3/t10-,11+,12+,13+,14-/m0/s1. The molecule has 3 fully saturated rings. The second-order valence-corrected chi connectivity index (χ2v) is 6.94. The van der Waals surface area contributed by atoms with E-state index in [0.29, 0.717) is 6.61 Å². The molecule has 0 spiro atoms. The van der Waals surface area contributed by atoms with Crippen LogP contribution >= 0.6 is 0 Å². The quantitative estimate of drug-likeness (QED) is 0.746. The van der Waals surface area contributed by atoms with E-state index in [0.717, 1.165) is 12.8 Å². The Bertz CT molecular complexity index is 405. The van der Waals surface area contributed by atoms with Crippen LogP contribution in [0.1, 0.15) is 40.5 Å². The minimum Gasteiger partial charge on any atom is -0.367 e. The monoisotopic (exact) mass is 298 g/mol. The van der Waals surface area contributed by atoms with Crippen LogP contribution < -0.4 is 0 Å².